The Hall–Kier alpha value is -0.980. The fraction of sp³-hybridized carbons (Fsp3) is 1.00. The highest BCUT2D eigenvalue weighted by Gasteiger charge is 2.80. The molecule has 0 aromatic rings. The van der Waals surface area contributed by atoms with Gasteiger partial charge in [0.1, 0.15) is 38.8 Å². The van der Waals surface area contributed by atoms with Gasteiger partial charge in [-0.1, -0.05) is 22.5 Å². The van der Waals surface area contributed by atoms with E-state index in [0.717, 1.165) is 0 Å². The Labute approximate surface area is 497 Å². The lowest BCUT2D eigenvalue weighted by atomic mass is 10.1. The van der Waals surface area contributed by atoms with Crippen molar-refractivity contribution in [2.75, 3.05) is 87.5 Å². The van der Waals surface area contributed by atoms with E-state index in [-0.39, 0.29) is 20.4 Å². The lowest BCUT2D eigenvalue weighted by Crippen LogP contribution is -2.59. The number of hydrogen-bond acceptors (Lipinski definition) is 8. The van der Waals surface area contributed by atoms with Crippen molar-refractivity contribution < 1.29 is 198 Å². The summed E-state index contributed by atoms with van der Waals surface area (Å²) in [5.41, 5.74) is 0. The fourth-order valence-electron chi connectivity index (χ4n) is 4.29. The Bertz CT molecular complexity index is 2590. The lowest BCUT2D eigenvalue weighted by Gasteiger charge is -2.35. The monoisotopic (exact) mass is 1610 g/mol. The number of rotatable bonds is 32. The van der Waals surface area contributed by atoms with Gasteiger partial charge < -0.3 is 22.6 Å². The molecule has 0 N–H and O–H groups in total. The molecule has 0 saturated heterocycles. The quantitative estimate of drug-likeness (QED) is 0.0492. The average molecular weight is 1610 g/mol. The van der Waals surface area contributed by atoms with Crippen LogP contribution in [0.15, 0.2) is 23.3 Å². The summed E-state index contributed by atoms with van der Waals surface area (Å²) in [6.07, 6.45) is -27.2. The Balaban J connectivity index is -0.00000162. The topological polar surface area (TPSA) is 108 Å². The molecule has 0 amide bonds. The summed E-state index contributed by atoms with van der Waals surface area (Å²) in [6, 6.07) is 0. The van der Waals surface area contributed by atoms with E-state index in [1.54, 1.807) is 13.7 Å². The molecule has 91 heavy (non-hydrogen) atoms. The Morgan fingerprint density at radius 1 is 0.286 bits per heavy atom. The molecular weight excluding hydrogens is 1570 g/mol. The zero-order valence-electron chi connectivity index (χ0n) is 44.7. The maximum Gasteiger partial charge on any atom is 0.380 e. The molecule has 1 atom stereocenters. The summed E-state index contributed by atoms with van der Waals surface area (Å²) in [5, 5.41) is 0. The van der Waals surface area contributed by atoms with Crippen LogP contribution in [0.1, 0.15) is 0 Å². The van der Waals surface area contributed by atoms with E-state index in [2.05, 4.69) is 45.9 Å². The second-order valence-corrected chi connectivity index (χ2v) is 35.8. The molecule has 0 aromatic heterocycles. The Morgan fingerprint density at radius 2 is 0.462 bits per heavy atom. The van der Waals surface area contributed by atoms with Crippen LogP contribution in [0.4, 0.5) is 176 Å². The molecule has 0 aliphatic carbocycles. The second kappa shape index (κ2) is 31.1. The SMILES string of the molecule is CN=P(C)(Cl)Cl.CN=P(Cl)(N=P(C)(C)OCC(F)(F)C(F)(F)C(F)(F)C(F)F)OCC(F)(F)C(F)(F)C(F)(F)C(F)F.CN=P(N=P(C)(C)OCC(F)(F)C(F)(F)C(F)(F)C(F)F)(OCC(F)(F)C(F)(F)C(F)(F)C(F)F)OCC(F)(F)C(F)(F)C(F)(F)C(F)F. The Kier molecular flexibility index (Phi) is 32.2. The fourth-order valence-corrected chi connectivity index (χ4v) is 14.2. The molecule has 1 unspecified atom stereocenters. The summed E-state index contributed by atoms with van der Waals surface area (Å²) in [6.45, 7) is -17.5. The molecule has 0 bridgehead atoms. The molecule has 0 aliphatic heterocycles. The number of halogens is 43. The van der Waals surface area contributed by atoms with Gasteiger partial charge in [0, 0.05) is 21.1 Å². The van der Waals surface area contributed by atoms with Crippen LogP contribution < -0.4 is 0 Å². The van der Waals surface area contributed by atoms with E-state index in [9.17, 15) is 176 Å². The predicted molar refractivity (Wildman–Crippen MR) is 246 cm³/mol. The zero-order chi connectivity index (χ0) is 74.5. The van der Waals surface area contributed by atoms with E-state index in [1.807, 2.05) is 0 Å². The van der Waals surface area contributed by atoms with Crippen molar-refractivity contribution >= 4 is 68.5 Å². The summed E-state index contributed by atoms with van der Waals surface area (Å²) >= 11 is 16.4. The molecular formula is C33H39Cl3F40N5O5P5. The first-order chi connectivity index (χ1) is 39.3. The molecule has 0 fully saturated rings. The lowest BCUT2D eigenvalue weighted by molar-refractivity contribution is -0.344. The van der Waals surface area contributed by atoms with Crippen LogP contribution in [0.25, 0.3) is 0 Å². The third kappa shape index (κ3) is 22.0. The molecule has 58 heteroatoms. The van der Waals surface area contributed by atoms with Crippen molar-refractivity contribution in [2.45, 2.75) is 121 Å². The van der Waals surface area contributed by atoms with Crippen LogP contribution in [0.5, 0.6) is 0 Å². The largest absolute Gasteiger partial charge is 0.380 e. The van der Waals surface area contributed by atoms with Gasteiger partial charge >= 0.3 is 129 Å². The molecule has 0 heterocycles. The highest BCUT2D eigenvalue weighted by atomic mass is 35.9. The van der Waals surface area contributed by atoms with Gasteiger partial charge in [-0.3, -0.25) is 4.74 Å². The van der Waals surface area contributed by atoms with Gasteiger partial charge in [-0.15, -0.1) is 0 Å². The molecule has 0 rings (SSSR count). The minimum atomic E-state index is -7.22. The van der Waals surface area contributed by atoms with E-state index in [0.29, 0.717) is 20.4 Å². The molecule has 0 radical (unpaired) electrons. The van der Waals surface area contributed by atoms with Crippen LogP contribution in [0.2, 0.25) is 0 Å². The molecule has 0 spiro atoms. The molecule has 10 nitrogen and oxygen atoms in total. The molecule has 0 aromatic carbocycles. The smallest absolute Gasteiger partial charge is 0.338 e. The van der Waals surface area contributed by atoms with Crippen LogP contribution in [0.3, 0.4) is 0 Å². The second-order valence-electron chi connectivity index (χ2n) is 17.5. The number of alkyl halides is 40. The first-order valence-corrected chi connectivity index (χ1v) is 34.6. The number of nitrogens with zero attached hydrogens (tertiary/aromatic N) is 5. The predicted octanol–water partition coefficient (Wildman–Crippen LogP) is 21.8. The normalized spacial score (nSPS) is 16.0. The maximum atomic E-state index is 14.1. The molecule has 552 valence electrons. The van der Waals surface area contributed by atoms with Gasteiger partial charge in [0.25, 0.3) is 6.78 Å². The van der Waals surface area contributed by atoms with Crippen LogP contribution >= 0.6 is 68.5 Å². The summed E-state index contributed by atoms with van der Waals surface area (Å²) in [7, 11) is -13.2. The van der Waals surface area contributed by atoms with Gasteiger partial charge in [-0.25, -0.2) is 53.4 Å². The van der Waals surface area contributed by atoms with Crippen molar-refractivity contribution in [3.05, 3.63) is 0 Å². The molecule has 0 aliphatic rings. The van der Waals surface area contributed by atoms with Crippen LogP contribution in [-0.2, 0) is 22.6 Å². The maximum absolute atomic E-state index is 14.1. The Morgan fingerprint density at radius 3 is 0.626 bits per heavy atom. The average Bonchev–Trinajstić information content (AvgIpc) is 0.802. The minimum absolute atomic E-state index is 0.0166. The first kappa shape index (κ1) is 94.2. The summed E-state index contributed by atoms with van der Waals surface area (Å²) < 4.78 is 562. The number of hydrogen-bond donors (Lipinski definition) is 0. The van der Waals surface area contributed by atoms with Gasteiger partial charge in [0.05, 0.1) is 14.6 Å². The highest BCUT2D eigenvalue weighted by molar-refractivity contribution is 8.09. The van der Waals surface area contributed by atoms with E-state index in [1.165, 1.54) is 0 Å². The van der Waals surface area contributed by atoms with E-state index < -0.39 is 189 Å². The standard InChI is InChI=1S/C18H18F24N2O3P2.C13H15ClF16N2O2P2.C2H6Cl2NP/c1-43-49(46-5-11(27,28)17(39,40)14(33,34)8(21)22,47-6-12(29,30)18(41,42)15(35,36)9(23)24)44-48(2,3)45-4-10(25,26)16(37,38)13(31,32)7(19)20;1-31-36(14,34-5-9(21,22)13(29,30)11(25,26)7(17)18)32-35(2,3)33-4-8(19,20)12(27,28)10(23,24)6(15)16;1-5-6(2,3)4/h7-9H,4-6H2,1-3H3;6-7H,4-5H2,1-3H3;1-2H3. The zero-order valence-corrected chi connectivity index (χ0v) is 51.4. The van der Waals surface area contributed by atoms with Crippen molar-refractivity contribution in [1.82, 2.24) is 0 Å². The molecule has 0 saturated carbocycles. The van der Waals surface area contributed by atoms with Crippen molar-refractivity contribution in [1.29, 1.82) is 0 Å². The van der Waals surface area contributed by atoms with Crippen LogP contribution in [0, 0.1) is 0 Å². The first-order valence-electron chi connectivity index (χ1n) is 21.4. The van der Waals surface area contributed by atoms with Gasteiger partial charge in [-0.2, -0.15) is 141 Å². The third-order valence-corrected chi connectivity index (χ3v) is 21.7. The van der Waals surface area contributed by atoms with Gasteiger partial charge in [0.2, 0.25) is 0 Å². The summed E-state index contributed by atoms with van der Waals surface area (Å²) in [5.74, 6) is -102. The highest BCUT2D eigenvalue weighted by Crippen LogP contribution is 2.68. The van der Waals surface area contributed by atoms with Crippen molar-refractivity contribution in [3.8, 4) is 0 Å². The van der Waals surface area contributed by atoms with Crippen LogP contribution in [-0.4, -0.2) is 208 Å². The third-order valence-electron chi connectivity index (χ3n) is 9.63. The summed E-state index contributed by atoms with van der Waals surface area (Å²) in [4.78, 5) is 0. The van der Waals surface area contributed by atoms with Crippen molar-refractivity contribution in [3.63, 3.8) is 0 Å². The van der Waals surface area contributed by atoms with Gasteiger partial charge in [-0.05, 0) is 44.6 Å². The van der Waals surface area contributed by atoms with Crippen molar-refractivity contribution in [2.24, 2.45) is 23.3 Å². The minimum Gasteiger partial charge on any atom is -0.338 e. The van der Waals surface area contributed by atoms with Gasteiger partial charge in [0.15, 0.2) is 0 Å². The van der Waals surface area contributed by atoms with E-state index >= 15 is 0 Å². The van der Waals surface area contributed by atoms with E-state index in [4.69, 9.17) is 33.7 Å².